The third kappa shape index (κ3) is 5.50. The van der Waals surface area contributed by atoms with E-state index in [-0.39, 0.29) is 12.8 Å². The first kappa shape index (κ1) is 26.4. The average Bonchev–Trinajstić information content (AvgIpc) is 3.36. The van der Waals surface area contributed by atoms with Gasteiger partial charge in [-0.15, -0.1) is 0 Å². The average molecular weight is 492 g/mol. The summed E-state index contributed by atoms with van der Waals surface area (Å²) in [7, 11) is 4.04. The minimum absolute atomic E-state index is 0.130. The minimum Gasteiger partial charge on any atom is -0.393 e. The van der Waals surface area contributed by atoms with E-state index in [1.54, 1.807) is 0 Å². The summed E-state index contributed by atoms with van der Waals surface area (Å²) in [5.74, 6) is -0.396. The van der Waals surface area contributed by atoms with E-state index in [0.717, 1.165) is 24.9 Å². The maximum atomic E-state index is 12.9. The zero-order valence-electron chi connectivity index (χ0n) is 22.2. The van der Waals surface area contributed by atoms with Crippen molar-refractivity contribution in [3.63, 3.8) is 0 Å². The lowest BCUT2D eigenvalue weighted by Crippen LogP contribution is -2.37. The SMILES string of the molecule is CC(C)Cc1ccc2c(c1)CC(CN)(CC(=O)OC(=O)CC1(CN)Cc3cccc(N(C)C)c3C1)C2. The summed E-state index contributed by atoms with van der Waals surface area (Å²) in [4.78, 5) is 28.0. The summed E-state index contributed by atoms with van der Waals surface area (Å²) in [6.45, 7) is 5.16. The maximum absolute atomic E-state index is 12.9. The van der Waals surface area contributed by atoms with Crippen molar-refractivity contribution in [1.29, 1.82) is 0 Å². The van der Waals surface area contributed by atoms with Crippen LogP contribution in [-0.4, -0.2) is 39.1 Å². The third-order valence-corrected chi connectivity index (χ3v) is 8.03. The van der Waals surface area contributed by atoms with Crippen molar-refractivity contribution in [3.8, 4) is 0 Å². The van der Waals surface area contributed by atoms with Crippen molar-refractivity contribution in [2.45, 2.75) is 58.8 Å². The number of fused-ring (bicyclic) bond motifs is 2. The van der Waals surface area contributed by atoms with Crippen LogP contribution in [-0.2, 0) is 46.4 Å². The number of ether oxygens (including phenoxy) is 1. The highest BCUT2D eigenvalue weighted by molar-refractivity contribution is 5.86. The van der Waals surface area contributed by atoms with Gasteiger partial charge < -0.3 is 21.1 Å². The van der Waals surface area contributed by atoms with Crippen LogP contribution in [0.3, 0.4) is 0 Å². The molecule has 4 N–H and O–H groups in total. The molecule has 0 amide bonds. The molecule has 0 heterocycles. The van der Waals surface area contributed by atoms with E-state index in [2.05, 4.69) is 49.1 Å². The third-order valence-electron chi connectivity index (χ3n) is 8.03. The molecule has 0 saturated carbocycles. The number of hydrogen-bond donors (Lipinski definition) is 2. The van der Waals surface area contributed by atoms with Crippen molar-refractivity contribution >= 4 is 17.6 Å². The largest absolute Gasteiger partial charge is 0.393 e. The Labute approximate surface area is 215 Å². The Bertz CT molecular complexity index is 1140. The second-order valence-electron chi connectivity index (χ2n) is 11.8. The molecule has 6 heteroatoms. The Kier molecular flexibility index (Phi) is 7.58. The van der Waals surface area contributed by atoms with Gasteiger partial charge in [0, 0.05) is 30.6 Å². The van der Waals surface area contributed by atoms with Gasteiger partial charge in [-0.3, -0.25) is 9.59 Å². The molecule has 0 aliphatic heterocycles. The number of nitrogens with zero attached hydrogens (tertiary/aromatic N) is 1. The topological polar surface area (TPSA) is 98.7 Å². The molecule has 0 radical (unpaired) electrons. The lowest BCUT2D eigenvalue weighted by Gasteiger charge is -2.28. The van der Waals surface area contributed by atoms with Crippen LogP contribution < -0.4 is 16.4 Å². The molecule has 2 aliphatic carbocycles. The van der Waals surface area contributed by atoms with Gasteiger partial charge in [-0.2, -0.15) is 0 Å². The Balaban J connectivity index is 1.39. The number of nitrogens with two attached hydrogens (primary N) is 2. The van der Waals surface area contributed by atoms with Gasteiger partial charge in [0.15, 0.2) is 0 Å². The molecule has 0 bridgehead atoms. The zero-order valence-corrected chi connectivity index (χ0v) is 22.2. The molecule has 0 fully saturated rings. The van der Waals surface area contributed by atoms with Crippen LogP contribution in [0.25, 0.3) is 0 Å². The van der Waals surface area contributed by atoms with Crippen LogP contribution in [0.4, 0.5) is 5.69 Å². The molecule has 2 aromatic rings. The summed E-state index contributed by atoms with van der Waals surface area (Å²) in [6.07, 6.45) is 4.20. The van der Waals surface area contributed by atoms with Crippen LogP contribution in [0, 0.1) is 16.7 Å². The smallest absolute Gasteiger partial charge is 0.314 e. The van der Waals surface area contributed by atoms with Crippen LogP contribution in [0.5, 0.6) is 0 Å². The highest BCUT2D eigenvalue weighted by atomic mass is 16.6. The number of benzene rings is 2. The highest BCUT2D eigenvalue weighted by Crippen LogP contribution is 2.43. The molecule has 2 atom stereocenters. The number of esters is 2. The van der Waals surface area contributed by atoms with Crippen molar-refractivity contribution < 1.29 is 14.3 Å². The molecule has 0 saturated heterocycles. The monoisotopic (exact) mass is 491 g/mol. The van der Waals surface area contributed by atoms with Gasteiger partial charge in [-0.05, 0) is 85.0 Å². The van der Waals surface area contributed by atoms with Crippen molar-refractivity contribution in [3.05, 3.63) is 64.2 Å². The van der Waals surface area contributed by atoms with Crippen LogP contribution in [0.1, 0.15) is 54.5 Å². The Hall–Kier alpha value is -2.70. The number of rotatable bonds is 9. The predicted octanol–water partition coefficient (Wildman–Crippen LogP) is 3.59. The van der Waals surface area contributed by atoms with Gasteiger partial charge >= 0.3 is 11.9 Å². The minimum atomic E-state index is -0.494. The maximum Gasteiger partial charge on any atom is 0.314 e. The van der Waals surface area contributed by atoms with E-state index in [1.165, 1.54) is 27.8 Å². The van der Waals surface area contributed by atoms with Gasteiger partial charge in [0.05, 0.1) is 12.8 Å². The van der Waals surface area contributed by atoms with E-state index >= 15 is 0 Å². The first-order valence-corrected chi connectivity index (χ1v) is 13.1. The van der Waals surface area contributed by atoms with E-state index in [4.69, 9.17) is 16.2 Å². The van der Waals surface area contributed by atoms with E-state index < -0.39 is 22.8 Å². The van der Waals surface area contributed by atoms with Gasteiger partial charge in [0.2, 0.25) is 0 Å². The van der Waals surface area contributed by atoms with Crippen LogP contribution in [0.15, 0.2) is 36.4 Å². The van der Waals surface area contributed by atoms with Gasteiger partial charge in [-0.1, -0.05) is 44.2 Å². The molecule has 6 nitrogen and oxygen atoms in total. The molecule has 2 unspecified atom stereocenters. The fourth-order valence-electron chi connectivity index (χ4n) is 6.23. The summed E-state index contributed by atoms with van der Waals surface area (Å²) in [5, 5.41) is 0. The van der Waals surface area contributed by atoms with Crippen molar-refractivity contribution in [2.24, 2.45) is 28.2 Å². The second kappa shape index (κ2) is 10.3. The standard InChI is InChI=1S/C30H41N3O3/c1-20(2)10-21-8-9-22-12-29(18-31,14-24(22)11-21)16-27(34)36-28(35)17-30(19-32)13-23-6-5-7-26(33(3)4)25(23)15-30/h5-9,11,20H,10,12-19,31-32H2,1-4H3. The number of carbonyl (C=O) groups excluding carboxylic acids is 2. The Morgan fingerprint density at radius 2 is 1.50 bits per heavy atom. The van der Waals surface area contributed by atoms with E-state index in [9.17, 15) is 9.59 Å². The normalized spacial score (nSPS) is 22.4. The van der Waals surface area contributed by atoms with Crippen LogP contribution >= 0.6 is 0 Å². The summed E-state index contributed by atoms with van der Waals surface area (Å²) in [6, 6.07) is 12.8. The van der Waals surface area contributed by atoms with Crippen molar-refractivity contribution in [2.75, 3.05) is 32.1 Å². The van der Waals surface area contributed by atoms with Gasteiger partial charge in [0.25, 0.3) is 0 Å². The predicted molar refractivity (Wildman–Crippen MR) is 144 cm³/mol. The van der Waals surface area contributed by atoms with Gasteiger partial charge in [-0.25, -0.2) is 0 Å². The molecule has 2 aliphatic rings. The summed E-state index contributed by atoms with van der Waals surface area (Å²) >= 11 is 0. The molecule has 0 aromatic heterocycles. The second-order valence-corrected chi connectivity index (χ2v) is 11.8. The van der Waals surface area contributed by atoms with Crippen molar-refractivity contribution in [1.82, 2.24) is 0 Å². The first-order chi connectivity index (χ1) is 17.1. The molecule has 0 spiro atoms. The zero-order chi connectivity index (χ0) is 26.1. The molecule has 194 valence electrons. The molecule has 4 rings (SSSR count). The fourth-order valence-corrected chi connectivity index (χ4v) is 6.23. The molecular formula is C30H41N3O3. The highest BCUT2D eigenvalue weighted by Gasteiger charge is 2.42. The van der Waals surface area contributed by atoms with Crippen LogP contribution in [0.2, 0.25) is 0 Å². The van der Waals surface area contributed by atoms with Gasteiger partial charge in [0.1, 0.15) is 0 Å². The summed E-state index contributed by atoms with van der Waals surface area (Å²) in [5.41, 5.74) is 19.0. The van der Waals surface area contributed by atoms with E-state index in [1.807, 2.05) is 20.2 Å². The lowest BCUT2D eigenvalue weighted by molar-refractivity contribution is -0.162. The number of anilines is 1. The number of carbonyl (C=O) groups is 2. The first-order valence-electron chi connectivity index (χ1n) is 13.1. The molecule has 2 aromatic carbocycles. The van der Waals surface area contributed by atoms with E-state index in [0.29, 0.717) is 31.8 Å². The quantitative estimate of drug-likeness (QED) is 0.411. The fraction of sp³-hybridized carbons (Fsp3) is 0.533. The number of hydrogen-bond acceptors (Lipinski definition) is 6. The summed E-state index contributed by atoms with van der Waals surface area (Å²) < 4.78 is 5.38. The Morgan fingerprint density at radius 1 is 0.889 bits per heavy atom. The molecule has 36 heavy (non-hydrogen) atoms. The lowest BCUT2D eigenvalue weighted by atomic mass is 9.81. The molecular weight excluding hydrogens is 450 g/mol. The Morgan fingerprint density at radius 3 is 2.11 bits per heavy atom.